The van der Waals surface area contributed by atoms with Crippen molar-refractivity contribution >= 4 is 30.3 Å². The fourth-order valence-corrected chi connectivity index (χ4v) is 3.04. The first-order valence-electron chi connectivity index (χ1n) is 9.40. The molecule has 0 aliphatic heterocycles. The molecule has 9 heteroatoms. The Kier molecular flexibility index (Phi) is 10.1. The van der Waals surface area contributed by atoms with Gasteiger partial charge in [0.15, 0.2) is 0 Å². The molecule has 0 aromatic heterocycles. The largest absolute Gasteiger partial charge is 0.508 e. The summed E-state index contributed by atoms with van der Waals surface area (Å²) in [7, 11) is 1.34. The number of amides is 1. The molecule has 4 unspecified atom stereocenters. The van der Waals surface area contributed by atoms with Crippen LogP contribution >= 0.6 is 12.6 Å². The summed E-state index contributed by atoms with van der Waals surface area (Å²) < 4.78 is 5.23. The van der Waals surface area contributed by atoms with Crippen LogP contribution in [0.1, 0.15) is 32.3 Å². The van der Waals surface area contributed by atoms with Gasteiger partial charge in [-0.3, -0.25) is 9.59 Å². The highest BCUT2D eigenvalue weighted by Crippen LogP contribution is 2.18. The van der Waals surface area contributed by atoms with Crippen LogP contribution in [0.2, 0.25) is 0 Å². The van der Waals surface area contributed by atoms with Crippen molar-refractivity contribution < 1.29 is 29.3 Å². The summed E-state index contributed by atoms with van der Waals surface area (Å²) in [6.45, 7) is 3.86. The number of carbonyl (C=O) groups is 3. The van der Waals surface area contributed by atoms with Gasteiger partial charge in [-0.2, -0.15) is 12.6 Å². The first-order valence-corrected chi connectivity index (χ1v) is 9.92. The summed E-state index contributed by atoms with van der Waals surface area (Å²) in [5.41, 5.74) is 6.57. The van der Waals surface area contributed by atoms with E-state index in [-0.39, 0.29) is 30.3 Å². The number of carboxylic acids is 1. The van der Waals surface area contributed by atoms with E-state index < -0.39 is 35.3 Å². The van der Waals surface area contributed by atoms with Crippen molar-refractivity contribution in [1.82, 2.24) is 5.32 Å². The number of methoxy groups -OCH3 is 1. The van der Waals surface area contributed by atoms with Crippen molar-refractivity contribution in [2.24, 2.45) is 11.7 Å². The molecule has 1 aromatic rings. The summed E-state index contributed by atoms with van der Waals surface area (Å²) in [5, 5.41) is 20.6. The molecule has 0 bridgehead atoms. The Morgan fingerprint density at radius 3 is 2.31 bits per heavy atom. The minimum absolute atomic E-state index is 0.0113. The minimum atomic E-state index is -1.23. The van der Waals surface area contributed by atoms with Gasteiger partial charge in [0.25, 0.3) is 0 Å². The third-order valence-corrected chi connectivity index (χ3v) is 5.71. The van der Waals surface area contributed by atoms with E-state index in [4.69, 9.17) is 10.5 Å². The van der Waals surface area contributed by atoms with Crippen LogP contribution in [-0.2, 0) is 25.5 Å². The van der Waals surface area contributed by atoms with Crippen LogP contribution < -0.4 is 11.1 Å². The average Bonchev–Trinajstić information content (AvgIpc) is 2.70. The first-order chi connectivity index (χ1) is 13.6. The molecule has 29 heavy (non-hydrogen) atoms. The number of hydrogen-bond donors (Lipinski definition) is 5. The number of phenolic OH excluding ortho intramolecular Hbond substituents is 1. The molecule has 1 aromatic carbocycles. The Hall–Kier alpha value is -2.10. The van der Waals surface area contributed by atoms with Gasteiger partial charge in [0, 0.05) is 20.0 Å². The molecule has 0 heterocycles. The summed E-state index contributed by atoms with van der Waals surface area (Å²) in [6, 6.07) is 3.55. The number of hydrogen-bond acceptors (Lipinski definition) is 7. The Morgan fingerprint density at radius 2 is 1.83 bits per heavy atom. The summed E-state index contributed by atoms with van der Waals surface area (Å²) in [5.74, 6) is -2.02. The van der Waals surface area contributed by atoms with Crippen molar-refractivity contribution in [2.75, 3.05) is 7.11 Å². The second-order valence-corrected chi connectivity index (χ2v) is 7.63. The number of carboxylic acid groups (broad SMARTS) is 1. The van der Waals surface area contributed by atoms with Crippen LogP contribution in [0.3, 0.4) is 0 Å². The topological polar surface area (TPSA) is 139 Å². The van der Waals surface area contributed by atoms with Crippen LogP contribution in [0.25, 0.3) is 0 Å². The predicted molar refractivity (Wildman–Crippen MR) is 112 cm³/mol. The van der Waals surface area contributed by atoms with Crippen molar-refractivity contribution in [3.63, 3.8) is 0 Å². The number of carbonyl (C=O) groups excluding carboxylic acids is 2. The number of phenols is 1. The Labute approximate surface area is 176 Å². The molecule has 5 N–H and O–H groups in total. The zero-order valence-electron chi connectivity index (χ0n) is 16.9. The zero-order chi connectivity index (χ0) is 22.1. The molecule has 0 radical (unpaired) electrons. The summed E-state index contributed by atoms with van der Waals surface area (Å²) >= 11 is 4.34. The second kappa shape index (κ2) is 11.8. The number of ketones is 1. The maximum Gasteiger partial charge on any atom is 0.326 e. The number of benzene rings is 1. The first kappa shape index (κ1) is 24.9. The number of nitrogens with one attached hydrogen (secondary N) is 1. The van der Waals surface area contributed by atoms with E-state index in [0.717, 1.165) is 6.42 Å². The molecule has 1 amide bonds. The van der Waals surface area contributed by atoms with E-state index in [9.17, 15) is 24.6 Å². The monoisotopic (exact) mass is 426 g/mol. The SMILES string of the molecule is CCC(C)C(S)C(=O)CC(OC)C(N)C(=O)N[C@@H](Cc1ccc(O)cc1)C(=O)O. The summed E-state index contributed by atoms with van der Waals surface area (Å²) in [6.07, 6.45) is -0.206. The van der Waals surface area contributed by atoms with Gasteiger partial charge < -0.3 is 26.0 Å². The molecule has 5 atom stereocenters. The Bertz CT molecular complexity index is 697. The van der Waals surface area contributed by atoms with Gasteiger partial charge in [-0.15, -0.1) is 0 Å². The maximum atomic E-state index is 12.5. The minimum Gasteiger partial charge on any atom is -0.508 e. The number of aliphatic carboxylic acids is 1. The van der Waals surface area contributed by atoms with Crippen molar-refractivity contribution in [3.8, 4) is 5.75 Å². The van der Waals surface area contributed by atoms with E-state index in [0.29, 0.717) is 5.56 Å². The normalized spacial score (nSPS) is 16.3. The lowest BCUT2D eigenvalue weighted by molar-refractivity contribution is -0.142. The third kappa shape index (κ3) is 7.68. The Balaban J connectivity index is 2.77. The number of rotatable bonds is 12. The smallest absolute Gasteiger partial charge is 0.326 e. The molecule has 8 nitrogen and oxygen atoms in total. The molecule has 0 saturated carbocycles. The second-order valence-electron chi connectivity index (χ2n) is 7.07. The third-order valence-electron chi connectivity index (χ3n) is 4.91. The van der Waals surface area contributed by atoms with E-state index in [1.54, 1.807) is 12.1 Å². The van der Waals surface area contributed by atoms with Crippen LogP contribution in [-0.4, -0.2) is 58.4 Å². The van der Waals surface area contributed by atoms with Gasteiger partial charge in [0.2, 0.25) is 5.91 Å². The number of ether oxygens (including phenoxy) is 1. The number of Topliss-reactive ketones (excluding diaryl/α,β-unsaturated/α-hetero) is 1. The number of aromatic hydroxyl groups is 1. The highest BCUT2D eigenvalue weighted by molar-refractivity contribution is 7.81. The van der Waals surface area contributed by atoms with Crippen molar-refractivity contribution in [2.45, 2.75) is 56.5 Å². The molecule has 0 aliphatic rings. The van der Waals surface area contributed by atoms with Gasteiger partial charge >= 0.3 is 5.97 Å². The predicted octanol–water partition coefficient (Wildman–Crippen LogP) is 1.15. The quantitative estimate of drug-likeness (QED) is 0.316. The van der Waals surface area contributed by atoms with E-state index >= 15 is 0 Å². The van der Waals surface area contributed by atoms with Crippen LogP contribution in [0.15, 0.2) is 24.3 Å². The van der Waals surface area contributed by atoms with Gasteiger partial charge in [-0.25, -0.2) is 4.79 Å². The fraction of sp³-hybridized carbons (Fsp3) is 0.550. The molecule has 0 aliphatic carbocycles. The van der Waals surface area contributed by atoms with Gasteiger partial charge in [0.1, 0.15) is 23.6 Å². The van der Waals surface area contributed by atoms with Crippen LogP contribution in [0, 0.1) is 5.92 Å². The molecule has 0 fully saturated rings. The maximum absolute atomic E-state index is 12.5. The zero-order valence-corrected chi connectivity index (χ0v) is 17.8. The van der Waals surface area contributed by atoms with Gasteiger partial charge in [-0.1, -0.05) is 32.4 Å². The van der Waals surface area contributed by atoms with E-state index in [1.807, 2.05) is 13.8 Å². The van der Waals surface area contributed by atoms with E-state index in [1.165, 1.54) is 19.2 Å². The summed E-state index contributed by atoms with van der Waals surface area (Å²) in [4.78, 5) is 36.4. The lowest BCUT2D eigenvalue weighted by Gasteiger charge is -2.25. The van der Waals surface area contributed by atoms with Crippen molar-refractivity contribution in [1.29, 1.82) is 0 Å². The van der Waals surface area contributed by atoms with E-state index in [2.05, 4.69) is 17.9 Å². The lowest BCUT2D eigenvalue weighted by atomic mass is 9.95. The fourth-order valence-electron chi connectivity index (χ4n) is 2.72. The van der Waals surface area contributed by atoms with Crippen LogP contribution in [0.5, 0.6) is 5.75 Å². The van der Waals surface area contributed by atoms with Gasteiger partial charge in [0.05, 0.1) is 11.4 Å². The molecular formula is C20H30N2O6S. The Morgan fingerprint density at radius 1 is 1.24 bits per heavy atom. The molecule has 0 spiro atoms. The van der Waals surface area contributed by atoms with Gasteiger partial charge in [-0.05, 0) is 23.6 Å². The number of thiol groups is 1. The molecule has 1 rings (SSSR count). The molecule has 162 valence electrons. The lowest BCUT2D eigenvalue weighted by Crippen LogP contribution is -2.54. The average molecular weight is 427 g/mol. The standard InChI is InChI=1S/C20H30N2O6S/c1-4-11(2)18(29)15(24)10-16(28-3)17(21)19(25)22-14(20(26)27)9-12-5-7-13(23)8-6-12/h5-8,11,14,16-18,23,29H,4,9-10,21H2,1-3H3,(H,22,25)(H,26,27)/t11?,14-,16?,17?,18?/m0/s1. The molecule has 0 saturated heterocycles. The molecular weight excluding hydrogens is 396 g/mol. The van der Waals surface area contributed by atoms with Crippen LogP contribution in [0.4, 0.5) is 0 Å². The number of nitrogens with two attached hydrogens (primary N) is 1. The van der Waals surface area contributed by atoms with Crippen molar-refractivity contribution in [3.05, 3.63) is 29.8 Å². The highest BCUT2D eigenvalue weighted by Gasteiger charge is 2.32. The highest BCUT2D eigenvalue weighted by atomic mass is 32.1.